The summed E-state index contributed by atoms with van der Waals surface area (Å²) >= 11 is 3.35. The van der Waals surface area contributed by atoms with Gasteiger partial charge in [-0.25, -0.2) is 9.79 Å². The van der Waals surface area contributed by atoms with Crippen LogP contribution in [-0.2, 0) is 9.53 Å². The van der Waals surface area contributed by atoms with E-state index in [0.29, 0.717) is 5.75 Å². The molecule has 1 heterocycles. The highest BCUT2D eigenvalue weighted by molar-refractivity contribution is 9.10. The number of hydrogen-bond donors (Lipinski definition) is 0. The summed E-state index contributed by atoms with van der Waals surface area (Å²) in [7, 11) is 1.42. The summed E-state index contributed by atoms with van der Waals surface area (Å²) < 4.78 is 11.2. The number of cyclic esters (lactones) is 1. The molecule has 0 saturated heterocycles. The summed E-state index contributed by atoms with van der Waals surface area (Å²) in [6.07, 6.45) is 1.57. The minimum Gasteiger partial charge on any atom is -0.496 e. The summed E-state index contributed by atoms with van der Waals surface area (Å²) in [6.45, 7) is 0. The first-order chi connectivity index (χ1) is 12.0. The molecule has 1 aliphatic heterocycles. The highest BCUT2D eigenvalue weighted by Gasteiger charge is 2.27. The second-order valence-electron chi connectivity index (χ2n) is 5.03. The van der Waals surface area contributed by atoms with Crippen molar-refractivity contribution in [1.29, 1.82) is 0 Å². The van der Waals surface area contributed by atoms with E-state index in [1.165, 1.54) is 25.3 Å². The Balaban J connectivity index is 2.03. The third-order valence-corrected chi connectivity index (χ3v) is 3.89. The molecule has 0 radical (unpaired) electrons. The zero-order valence-electron chi connectivity index (χ0n) is 12.9. The van der Waals surface area contributed by atoms with Gasteiger partial charge in [0, 0.05) is 16.6 Å². The van der Waals surface area contributed by atoms with E-state index in [2.05, 4.69) is 20.9 Å². The number of rotatable bonds is 4. The molecule has 0 aliphatic carbocycles. The van der Waals surface area contributed by atoms with Gasteiger partial charge < -0.3 is 9.47 Å². The predicted molar refractivity (Wildman–Crippen MR) is 94.4 cm³/mol. The van der Waals surface area contributed by atoms with E-state index in [0.717, 1.165) is 10.0 Å². The van der Waals surface area contributed by atoms with Crippen molar-refractivity contribution in [2.24, 2.45) is 4.99 Å². The SMILES string of the molecule is COc1ccc([N+](=O)[O-])cc1C1=NC(=Cc2cccc(Br)c2)C(=O)O1. The number of benzene rings is 2. The van der Waals surface area contributed by atoms with Crippen LogP contribution in [-0.4, -0.2) is 23.9 Å². The fourth-order valence-corrected chi connectivity index (χ4v) is 2.67. The maximum atomic E-state index is 12.1. The van der Waals surface area contributed by atoms with Gasteiger partial charge in [-0.1, -0.05) is 28.1 Å². The number of methoxy groups -OCH3 is 1. The van der Waals surface area contributed by atoms with Gasteiger partial charge in [-0.2, -0.15) is 0 Å². The molecule has 0 amide bonds. The lowest BCUT2D eigenvalue weighted by Gasteiger charge is -2.06. The van der Waals surface area contributed by atoms with Gasteiger partial charge in [0.25, 0.3) is 5.69 Å². The molecule has 7 nitrogen and oxygen atoms in total. The number of nitro benzene ring substituents is 1. The minimum absolute atomic E-state index is 0.0354. The molecule has 3 rings (SSSR count). The average Bonchev–Trinajstić information content (AvgIpc) is 2.95. The highest BCUT2D eigenvalue weighted by atomic mass is 79.9. The van der Waals surface area contributed by atoms with Gasteiger partial charge in [0.1, 0.15) is 5.75 Å². The summed E-state index contributed by atoms with van der Waals surface area (Å²) in [5.74, 6) is -0.351. The van der Waals surface area contributed by atoms with Crippen LogP contribution in [0.25, 0.3) is 6.08 Å². The van der Waals surface area contributed by atoms with E-state index >= 15 is 0 Å². The van der Waals surface area contributed by atoms with E-state index in [1.54, 1.807) is 6.08 Å². The van der Waals surface area contributed by atoms with Crippen LogP contribution in [0.5, 0.6) is 5.75 Å². The zero-order chi connectivity index (χ0) is 18.0. The maximum absolute atomic E-state index is 12.1. The number of non-ortho nitro benzene ring substituents is 1. The molecule has 126 valence electrons. The molecule has 8 heteroatoms. The van der Waals surface area contributed by atoms with E-state index in [4.69, 9.17) is 9.47 Å². The molecule has 1 aliphatic rings. The fourth-order valence-electron chi connectivity index (χ4n) is 2.26. The first-order valence-corrected chi connectivity index (χ1v) is 7.88. The van der Waals surface area contributed by atoms with Gasteiger partial charge in [-0.15, -0.1) is 0 Å². The molecule has 0 N–H and O–H groups in total. The number of ether oxygens (including phenoxy) is 2. The first-order valence-electron chi connectivity index (χ1n) is 7.09. The van der Waals surface area contributed by atoms with Crippen LogP contribution < -0.4 is 4.74 Å². The fraction of sp³-hybridized carbons (Fsp3) is 0.0588. The van der Waals surface area contributed by atoms with E-state index in [1.807, 2.05) is 24.3 Å². The van der Waals surface area contributed by atoms with Crippen LogP contribution in [0.4, 0.5) is 5.69 Å². The van der Waals surface area contributed by atoms with Crippen molar-refractivity contribution in [2.75, 3.05) is 7.11 Å². The number of halogens is 1. The van der Waals surface area contributed by atoms with Gasteiger partial charge in [0.2, 0.25) is 5.90 Å². The molecule has 2 aromatic carbocycles. The molecule has 0 atom stereocenters. The Hall–Kier alpha value is -3.00. The minimum atomic E-state index is -0.636. The molecular formula is C17H11BrN2O5. The molecule has 0 fully saturated rings. The molecule has 25 heavy (non-hydrogen) atoms. The maximum Gasteiger partial charge on any atom is 0.363 e. The third kappa shape index (κ3) is 3.58. The number of esters is 1. The Morgan fingerprint density at radius 3 is 2.76 bits per heavy atom. The van der Waals surface area contributed by atoms with Gasteiger partial charge >= 0.3 is 5.97 Å². The van der Waals surface area contributed by atoms with Crippen molar-refractivity contribution in [3.63, 3.8) is 0 Å². The smallest absolute Gasteiger partial charge is 0.363 e. The number of hydrogen-bond acceptors (Lipinski definition) is 6. The Kier molecular flexibility index (Phi) is 4.62. The number of nitrogens with zero attached hydrogens (tertiary/aromatic N) is 2. The molecule has 0 aromatic heterocycles. The second kappa shape index (κ2) is 6.86. The van der Waals surface area contributed by atoms with Crippen molar-refractivity contribution >= 4 is 39.6 Å². The van der Waals surface area contributed by atoms with Gasteiger partial charge in [0.05, 0.1) is 17.6 Å². The first kappa shape index (κ1) is 16.8. The second-order valence-corrected chi connectivity index (χ2v) is 5.95. The molecule has 0 spiro atoms. The van der Waals surface area contributed by atoms with Crippen LogP contribution in [0.3, 0.4) is 0 Å². The van der Waals surface area contributed by atoms with Crippen molar-refractivity contribution in [2.45, 2.75) is 0 Å². The monoisotopic (exact) mass is 402 g/mol. The number of aliphatic imine (C=N–C) groups is 1. The van der Waals surface area contributed by atoms with Gasteiger partial charge in [0.15, 0.2) is 5.70 Å². The van der Waals surface area contributed by atoms with Crippen molar-refractivity contribution < 1.29 is 19.2 Å². The molecule has 0 unspecified atom stereocenters. The van der Waals surface area contributed by atoms with E-state index in [9.17, 15) is 14.9 Å². The molecule has 2 aromatic rings. The summed E-state index contributed by atoms with van der Waals surface area (Å²) in [4.78, 5) is 26.7. The van der Waals surface area contributed by atoms with Crippen LogP contribution in [0.2, 0.25) is 0 Å². The summed E-state index contributed by atoms with van der Waals surface area (Å²) in [5, 5.41) is 11.0. The number of carbonyl (C=O) groups excluding carboxylic acids is 1. The zero-order valence-corrected chi connectivity index (χ0v) is 14.5. The normalized spacial score (nSPS) is 15.0. The lowest BCUT2D eigenvalue weighted by Crippen LogP contribution is -2.07. The van der Waals surface area contributed by atoms with Crippen LogP contribution in [0.1, 0.15) is 11.1 Å². The van der Waals surface area contributed by atoms with Gasteiger partial charge in [-0.05, 0) is 29.8 Å². The Morgan fingerprint density at radius 1 is 1.28 bits per heavy atom. The van der Waals surface area contributed by atoms with Gasteiger partial charge in [-0.3, -0.25) is 10.1 Å². The van der Waals surface area contributed by atoms with E-state index < -0.39 is 10.9 Å². The highest BCUT2D eigenvalue weighted by Crippen LogP contribution is 2.28. The number of nitro groups is 1. The average molecular weight is 403 g/mol. The summed E-state index contributed by atoms with van der Waals surface area (Å²) in [5.41, 5.74) is 0.945. The van der Waals surface area contributed by atoms with Crippen LogP contribution in [0.15, 0.2) is 57.6 Å². The third-order valence-electron chi connectivity index (χ3n) is 3.40. The standard InChI is InChI=1S/C17H11BrN2O5/c1-24-15-6-5-12(20(22)23)9-13(15)16-19-14(17(21)25-16)8-10-3-2-4-11(18)7-10/h2-9H,1H3. The van der Waals surface area contributed by atoms with Crippen molar-refractivity contribution in [3.8, 4) is 5.75 Å². The Morgan fingerprint density at radius 2 is 2.08 bits per heavy atom. The molecule has 0 saturated carbocycles. The van der Waals surface area contributed by atoms with Crippen molar-refractivity contribution in [1.82, 2.24) is 0 Å². The lowest BCUT2D eigenvalue weighted by molar-refractivity contribution is -0.384. The Labute approximate surface area is 150 Å². The van der Waals surface area contributed by atoms with Crippen molar-refractivity contribution in [3.05, 3.63) is 73.9 Å². The van der Waals surface area contributed by atoms with E-state index in [-0.39, 0.29) is 22.8 Å². The van der Waals surface area contributed by atoms with Crippen LogP contribution >= 0.6 is 15.9 Å². The predicted octanol–water partition coefficient (Wildman–Crippen LogP) is 3.71. The number of carbonyl (C=O) groups is 1. The topological polar surface area (TPSA) is 91.0 Å². The lowest BCUT2D eigenvalue weighted by atomic mass is 10.1. The Bertz CT molecular complexity index is 936. The largest absolute Gasteiger partial charge is 0.496 e. The molecular weight excluding hydrogens is 392 g/mol. The summed E-state index contributed by atoms with van der Waals surface area (Å²) in [6, 6.07) is 11.3. The molecule has 0 bridgehead atoms. The van der Waals surface area contributed by atoms with Crippen LogP contribution in [0, 0.1) is 10.1 Å². The quantitative estimate of drug-likeness (QED) is 0.336.